The van der Waals surface area contributed by atoms with Crippen molar-refractivity contribution in [2.24, 2.45) is 11.8 Å². The number of likely N-dealkylation sites (N-methyl/N-ethyl adjacent to an activating group) is 1. The van der Waals surface area contributed by atoms with Crippen molar-refractivity contribution in [3.63, 3.8) is 0 Å². The van der Waals surface area contributed by atoms with Crippen LogP contribution in [-0.4, -0.2) is 93.4 Å². The molecular weight excluding hydrogens is 496 g/mol. The second kappa shape index (κ2) is 10.8. The first kappa shape index (κ1) is 28.6. The number of aromatic nitrogens is 2. The van der Waals surface area contributed by atoms with Crippen LogP contribution < -0.4 is 0 Å². The van der Waals surface area contributed by atoms with Crippen LogP contribution in [0.3, 0.4) is 0 Å². The first-order chi connectivity index (χ1) is 18.5. The van der Waals surface area contributed by atoms with Crippen LogP contribution in [0.1, 0.15) is 78.5 Å². The van der Waals surface area contributed by atoms with E-state index in [4.69, 9.17) is 19.2 Å². The second-order valence-electron chi connectivity index (χ2n) is 13.1. The van der Waals surface area contributed by atoms with E-state index < -0.39 is 11.7 Å². The molecule has 4 aliphatic rings. The minimum Gasteiger partial charge on any atom is -0.465 e. The lowest BCUT2D eigenvalue weighted by molar-refractivity contribution is -0.102. The molecule has 1 saturated carbocycles. The minimum absolute atomic E-state index is 0.0424. The van der Waals surface area contributed by atoms with Crippen molar-refractivity contribution in [1.29, 1.82) is 0 Å². The minimum atomic E-state index is -0.930. The zero-order valence-electron chi connectivity index (χ0n) is 24.8. The van der Waals surface area contributed by atoms with Crippen LogP contribution in [0.4, 0.5) is 4.79 Å². The lowest BCUT2D eigenvalue weighted by Crippen LogP contribution is -2.61. The maximum Gasteiger partial charge on any atom is 0.408 e. The lowest BCUT2D eigenvalue weighted by Gasteiger charge is -2.48. The molecule has 1 aliphatic carbocycles. The monoisotopic (exact) mass is 544 g/mol. The number of imidazole rings is 1. The molecule has 1 aromatic rings. The molecule has 1 spiro atoms. The molecule has 1 aromatic heterocycles. The summed E-state index contributed by atoms with van der Waals surface area (Å²) >= 11 is 0. The Bertz CT molecular complexity index is 1060. The molecule has 4 fully saturated rings. The zero-order chi connectivity index (χ0) is 28.1. The van der Waals surface area contributed by atoms with Crippen molar-refractivity contribution in [2.45, 2.75) is 115 Å². The highest BCUT2D eigenvalue weighted by Crippen LogP contribution is 2.60. The molecule has 5 rings (SSSR count). The Balaban J connectivity index is 1.42. The van der Waals surface area contributed by atoms with Crippen molar-refractivity contribution in [1.82, 2.24) is 19.4 Å². The van der Waals surface area contributed by atoms with Gasteiger partial charge in [-0.3, -0.25) is 4.90 Å². The van der Waals surface area contributed by atoms with E-state index in [1.165, 1.54) is 18.4 Å². The molecule has 3 saturated heterocycles. The SMILES string of the molecule is CO[C@@H]1[C@H](N(C(=O)O)[C@H](c2cn(C[C@H]3CCCN3C)cn2)C(C)C)CC[C@]2(CO2)[C@H]1[C@@]1(C)O[C@@H]1CC=C(C)C. The Hall–Kier alpha value is -1.94. The van der Waals surface area contributed by atoms with Crippen LogP contribution in [-0.2, 0) is 20.8 Å². The van der Waals surface area contributed by atoms with Crippen molar-refractivity contribution in [3.05, 3.63) is 29.9 Å². The summed E-state index contributed by atoms with van der Waals surface area (Å²) in [6.07, 6.45) is 9.68. The summed E-state index contributed by atoms with van der Waals surface area (Å²) < 4.78 is 20.8. The average Bonchev–Trinajstić information content (AvgIpc) is 3.66. The summed E-state index contributed by atoms with van der Waals surface area (Å²) in [5.74, 6) is -0.00441. The van der Waals surface area contributed by atoms with E-state index in [1.807, 2.05) is 6.33 Å². The number of epoxide rings is 2. The summed E-state index contributed by atoms with van der Waals surface area (Å²) in [6.45, 7) is 13.2. The normalized spacial score (nSPS) is 36.8. The van der Waals surface area contributed by atoms with E-state index in [2.05, 4.69) is 63.4 Å². The molecule has 9 nitrogen and oxygen atoms in total. The van der Waals surface area contributed by atoms with E-state index in [1.54, 1.807) is 12.0 Å². The maximum absolute atomic E-state index is 13.1. The summed E-state index contributed by atoms with van der Waals surface area (Å²) in [6, 6.07) is -0.210. The van der Waals surface area contributed by atoms with Crippen molar-refractivity contribution >= 4 is 6.09 Å². The number of likely N-dealkylation sites (tertiary alicyclic amines) is 1. The maximum atomic E-state index is 13.1. The largest absolute Gasteiger partial charge is 0.465 e. The summed E-state index contributed by atoms with van der Waals surface area (Å²) in [5, 5.41) is 10.7. The fourth-order valence-electron chi connectivity index (χ4n) is 7.62. The van der Waals surface area contributed by atoms with Gasteiger partial charge in [-0.25, -0.2) is 9.78 Å². The molecule has 0 radical (unpaired) electrons. The van der Waals surface area contributed by atoms with Gasteiger partial charge in [0.2, 0.25) is 0 Å². The number of hydrogen-bond acceptors (Lipinski definition) is 6. The van der Waals surface area contributed by atoms with E-state index in [-0.39, 0.29) is 41.7 Å². The second-order valence-corrected chi connectivity index (χ2v) is 13.1. The molecule has 3 aliphatic heterocycles. The Labute approximate surface area is 233 Å². The highest BCUT2D eigenvalue weighted by Gasteiger charge is 2.72. The smallest absolute Gasteiger partial charge is 0.408 e. The fourth-order valence-corrected chi connectivity index (χ4v) is 7.62. The van der Waals surface area contributed by atoms with Crippen LogP contribution in [0, 0.1) is 11.8 Å². The molecule has 8 atom stereocenters. The fraction of sp³-hybridized carbons (Fsp3) is 0.800. The quantitative estimate of drug-likeness (QED) is 0.336. The highest BCUT2D eigenvalue weighted by atomic mass is 16.6. The van der Waals surface area contributed by atoms with Crippen LogP contribution in [0.5, 0.6) is 0 Å². The number of nitrogens with zero attached hydrogens (tertiary/aromatic N) is 4. The Morgan fingerprint density at radius 2 is 2.10 bits per heavy atom. The number of ether oxygens (including phenoxy) is 3. The van der Waals surface area contributed by atoms with Crippen LogP contribution >= 0.6 is 0 Å². The van der Waals surface area contributed by atoms with Gasteiger partial charge in [0.15, 0.2) is 0 Å². The zero-order valence-corrected chi connectivity index (χ0v) is 24.8. The van der Waals surface area contributed by atoms with Crippen LogP contribution in [0.2, 0.25) is 0 Å². The number of carbonyl (C=O) groups is 1. The number of rotatable bonds is 10. The molecule has 1 amide bonds. The number of carboxylic acid groups (broad SMARTS) is 1. The topological polar surface area (TPSA) is 95.9 Å². The van der Waals surface area contributed by atoms with Gasteiger partial charge >= 0.3 is 6.09 Å². The number of amides is 1. The van der Waals surface area contributed by atoms with Gasteiger partial charge in [0.1, 0.15) is 5.60 Å². The van der Waals surface area contributed by atoms with Crippen molar-refractivity contribution < 1.29 is 24.1 Å². The molecule has 4 heterocycles. The standard InChI is InChI=1S/C30H48N4O5/c1-19(2)10-11-24-29(5,39-24)27-26(37-7)23(12-13-30(27)17-38-30)34(28(35)36)25(20(3)4)22-16-33(18-31-22)15-21-9-8-14-32(21)6/h10,16,18,20-21,23-27H,8-9,11-15,17H2,1-7H3,(H,35,36)/t21-,23-,24-,25+,26-,27-,29+,30+/m1/s1. The Morgan fingerprint density at radius 1 is 1.36 bits per heavy atom. The van der Waals surface area contributed by atoms with Gasteiger partial charge in [0.05, 0.1) is 48.5 Å². The van der Waals surface area contributed by atoms with Gasteiger partial charge < -0.3 is 28.8 Å². The van der Waals surface area contributed by atoms with Gasteiger partial charge in [0, 0.05) is 31.8 Å². The first-order valence-corrected chi connectivity index (χ1v) is 14.7. The summed E-state index contributed by atoms with van der Waals surface area (Å²) in [4.78, 5) is 21.9. The van der Waals surface area contributed by atoms with Crippen LogP contribution in [0.25, 0.3) is 0 Å². The molecule has 1 N–H and O–H groups in total. The van der Waals surface area contributed by atoms with E-state index >= 15 is 0 Å². The third-order valence-corrected chi connectivity index (χ3v) is 9.82. The molecule has 218 valence electrons. The highest BCUT2D eigenvalue weighted by molar-refractivity contribution is 5.66. The van der Waals surface area contributed by atoms with E-state index in [0.29, 0.717) is 19.1 Å². The van der Waals surface area contributed by atoms with Gasteiger partial charge in [0.25, 0.3) is 0 Å². The third kappa shape index (κ3) is 5.39. The summed E-state index contributed by atoms with van der Waals surface area (Å²) in [5.41, 5.74) is 1.37. The Morgan fingerprint density at radius 3 is 2.67 bits per heavy atom. The van der Waals surface area contributed by atoms with Crippen molar-refractivity contribution in [2.75, 3.05) is 27.3 Å². The van der Waals surface area contributed by atoms with Gasteiger partial charge in [-0.2, -0.15) is 0 Å². The molecule has 9 heteroatoms. The number of allylic oxidation sites excluding steroid dienone is 1. The van der Waals surface area contributed by atoms with Crippen LogP contribution in [0.15, 0.2) is 24.2 Å². The third-order valence-electron chi connectivity index (χ3n) is 9.82. The van der Waals surface area contributed by atoms with E-state index in [0.717, 1.165) is 31.6 Å². The lowest BCUT2D eigenvalue weighted by atomic mass is 9.67. The molecule has 0 aromatic carbocycles. The Kier molecular flexibility index (Phi) is 7.92. The first-order valence-electron chi connectivity index (χ1n) is 14.7. The molecule has 0 unspecified atom stereocenters. The average molecular weight is 545 g/mol. The predicted octanol–water partition coefficient (Wildman–Crippen LogP) is 4.73. The van der Waals surface area contributed by atoms with Gasteiger partial charge in [-0.15, -0.1) is 0 Å². The van der Waals surface area contributed by atoms with E-state index in [9.17, 15) is 9.90 Å². The van der Waals surface area contributed by atoms with Gasteiger partial charge in [-0.1, -0.05) is 25.5 Å². The van der Waals surface area contributed by atoms with Crippen molar-refractivity contribution in [3.8, 4) is 0 Å². The molecule has 0 bridgehead atoms. The number of methoxy groups -OCH3 is 1. The molecule has 39 heavy (non-hydrogen) atoms. The number of hydrogen-bond donors (Lipinski definition) is 1. The molecular formula is C30H48N4O5. The van der Waals surface area contributed by atoms with Gasteiger partial charge in [-0.05, 0) is 72.4 Å². The predicted molar refractivity (Wildman–Crippen MR) is 149 cm³/mol. The summed E-state index contributed by atoms with van der Waals surface area (Å²) in [7, 11) is 3.88.